The highest BCUT2D eigenvalue weighted by molar-refractivity contribution is 7.47. The molecule has 0 fully saturated rings. The zero-order valence-electron chi connectivity index (χ0n) is 42.6. The van der Waals surface area contributed by atoms with Gasteiger partial charge in [-0.1, -0.05) is 193 Å². The zero-order valence-corrected chi connectivity index (χ0v) is 43.5. The molecule has 66 heavy (non-hydrogen) atoms. The first kappa shape index (κ1) is 62.9. The summed E-state index contributed by atoms with van der Waals surface area (Å²) < 4.78 is 23.6. The fourth-order valence-electron chi connectivity index (χ4n) is 6.58. The van der Waals surface area contributed by atoms with Crippen molar-refractivity contribution < 1.29 is 32.9 Å². The average molecular weight is 938 g/mol. The number of quaternary nitrogens is 1. The van der Waals surface area contributed by atoms with E-state index >= 15 is 0 Å². The molecule has 0 spiro atoms. The molecule has 0 aliphatic carbocycles. The summed E-state index contributed by atoms with van der Waals surface area (Å²) in [6, 6.07) is -0.881. The Bertz CT molecular complexity index is 1480. The van der Waals surface area contributed by atoms with E-state index < -0.39 is 20.0 Å². The number of nitrogens with zero attached hydrogens (tertiary/aromatic N) is 1. The molecule has 0 aromatic rings. The quantitative estimate of drug-likeness (QED) is 0.0243. The molecule has 0 radical (unpaired) electrons. The molecule has 0 aliphatic heterocycles. The highest BCUT2D eigenvalue weighted by Gasteiger charge is 2.27. The van der Waals surface area contributed by atoms with Crippen LogP contribution in [0.15, 0.2) is 122 Å². The van der Waals surface area contributed by atoms with Crippen LogP contribution in [0.2, 0.25) is 0 Å². The lowest BCUT2D eigenvalue weighted by atomic mass is 10.1. The van der Waals surface area contributed by atoms with Crippen LogP contribution in [-0.4, -0.2) is 73.4 Å². The van der Waals surface area contributed by atoms with Crippen molar-refractivity contribution in [3.8, 4) is 0 Å². The molecule has 0 bridgehead atoms. The standard InChI is InChI=1S/C57H97N2O6P/c1-6-8-10-12-14-16-18-20-21-22-23-24-25-26-27-28-29-30-31-32-33-34-35-36-37-39-41-43-45-47-49-51-57(61)58-55(54-65-66(62,63)64-53-52-59(3,4)5)56(60)50-48-46-44-42-40-38-19-17-15-13-11-9-7-2/h8,10,14-17,20-21,23-24,26-27,29-30,32-33,40,42,48,50,55-56,60H,6-7,9,11-13,18-19,22,25,28,31,34-39,41,43-47,49,51-54H2,1-5H3,(H-,58,61,62,63)/p+1/b10-8-,16-14-,17-15+,21-20-,24-23-,27-26-,30-29-,33-32-,42-40+,50-48+. The molecular weight excluding hydrogens is 840 g/mol. The predicted molar refractivity (Wildman–Crippen MR) is 285 cm³/mol. The van der Waals surface area contributed by atoms with Gasteiger partial charge in [-0.05, 0) is 103 Å². The van der Waals surface area contributed by atoms with Gasteiger partial charge in [-0.15, -0.1) is 0 Å². The molecule has 0 aromatic heterocycles. The van der Waals surface area contributed by atoms with Gasteiger partial charge in [-0.25, -0.2) is 4.57 Å². The van der Waals surface area contributed by atoms with Gasteiger partial charge in [0.1, 0.15) is 13.2 Å². The van der Waals surface area contributed by atoms with Crippen LogP contribution in [0.5, 0.6) is 0 Å². The van der Waals surface area contributed by atoms with Crippen molar-refractivity contribution in [1.29, 1.82) is 0 Å². The summed E-state index contributed by atoms with van der Waals surface area (Å²) in [5.74, 6) is -0.205. The highest BCUT2D eigenvalue weighted by Crippen LogP contribution is 2.43. The van der Waals surface area contributed by atoms with Crippen LogP contribution in [0, 0.1) is 0 Å². The number of aliphatic hydroxyl groups is 1. The van der Waals surface area contributed by atoms with Gasteiger partial charge in [0.15, 0.2) is 0 Å². The molecule has 3 atom stereocenters. The zero-order chi connectivity index (χ0) is 48.5. The number of carbonyl (C=O) groups excluding carboxylic acids is 1. The largest absolute Gasteiger partial charge is 0.472 e. The van der Waals surface area contributed by atoms with E-state index in [1.54, 1.807) is 6.08 Å². The number of nitrogens with one attached hydrogen (secondary N) is 1. The minimum absolute atomic E-state index is 0.0456. The molecule has 3 N–H and O–H groups in total. The van der Waals surface area contributed by atoms with Gasteiger partial charge in [0.05, 0.1) is 39.9 Å². The van der Waals surface area contributed by atoms with E-state index in [1.165, 1.54) is 57.8 Å². The van der Waals surface area contributed by atoms with E-state index in [4.69, 9.17) is 9.05 Å². The number of aliphatic hydroxyl groups excluding tert-OH is 1. The van der Waals surface area contributed by atoms with Gasteiger partial charge < -0.3 is 19.8 Å². The van der Waals surface area contributed by atoms with Gasteiger partial charge in [0, 0.05) is 6.42 Å². The average Bonchev–Trinajstić information content (AvgIpc) is 3.28. The van der Waals surface area contributed by atoms with Crippen molar-refractivity contribution in [2.24, 2.45) is 0 Å². The summed E-state index contributed by atoms with van der Waals surface area (Å²) in [6.07, 6.45) is 70.0. The van der Waals surface area contributed by atoms with Crippen molar-refractivity contribution >= 4 is 13.7 Å². The van der Waals surface area contributed by atoms with Crippen LogP contribution >= 0.6 is 7.82 Å². The second kappa shape index (κ2) is 47.0. The lowest BCUT2D eigenvalue weighted by Gasteiger charge is -2.25. The van der Waals surface area contributed by atoms with Crippen LogP contribution in [-0.2, 0) is 18.4 Å². The number of hydrogen-bond acceptors (Lipinski definition) is 5. The Hall–Kier alpha value is -3.10. The Balaban J connectivity index is 4.26. The minimum atomic E-state index is -4.36. The number of phosphoric ester groups is 1. The molecule has 0 heterocycles. The van der Waals surface area contributed by atoms with E-state index in [9.17, 15) is 19.4 Å². The number of amides is 1. The third kappa shape index (κ3) is 48.8. The summed E-state index contributed by atoms with van der Waals surface area (Å²) in [4.78, 5) is 23.2. The lowest BCUT2D eigenvalue weighted by molar-refractivity contribution is -0.870. The van der Waals surface area contributed by atoms with Gasteiger partial charge in [0.25, 0.3) is 0 Å². The Kier molecular flexibility index (Phi) is 44.8. The van der Waals surface area contributed by atoms with Gasteiger partial charge in [-0.2, -0.15) is 0 Å². The van der Waals surface area contributed by atoms with Crippen molar-refractivity contribution in [3.05, 3.63) is 122 Å². The Labute approximate surface area is 405 Å². The normalized spacial score (nSPS) is 15.1. The molecule has 0 saturated heterocycles. The van der Waals surface area contributed by atoms with Crippen molar-refractivity contribution in [2.75, 3.05) is 40.9 Å². The number of rotatable bonds is 45. The predicted octanol–water partition coefficient (Wildman–Crippen LogP) is 15.4. The van der Waals surface area contributed by atoms with Crippen LogP contribution in [0.1, 0.15) is 181 Å². The fourth-order valence-corrected chi connectivity index (χ4v) is 7.32. The number of likely N-dealkylation sites (N-methyl/N-ethyl adjacent to an activating group) is 1. The molecule has 0 saturated carbocycles. The molecule has 0 aliphatic rings. The third-order valence-electron chi connectivity index (χ3n) is 10.6. The summed E-state index contributed by atoms with van der Waals surface area (Å²) in [6.45, 7) is 4.60. The van der Waals surface area contributed by atoms with Crippen LogP contribution < -0.4 is 5.32 Å². The Morgan fingerprint density at radius 3 is 1.39 bits per heavy atom. The maximum Gasteiger partial charge on any atom is 0.472 e. The number of carbonyl (C=O) groups is 1. The molecule has 8 nitrogen and oxygen atoms in total. The highest BCUT2D eigenvalue weighted by atomic mass is 31.2. The first-order valence-corrected chi connectivity index (χ1v) is 27.4. The fraction of sp³-hybridized carbons (Fsp3) is 0.632. The van der Waals surface area contributed by atoms with Gasteiger partial charge in [-0.3, -0.25) is 13.8 Å². The van der Waals surface area contributed by atoms with Gasteiger partial charge in [0.2, 0.25) is 5.91 Å². The summed E-state index contributed by atoms with van der Waals surface area (Å²) >= 11 is 0. The first-order chi connectivity index (χ1) is 32.0. The molecule has 1 amide bonds. The second-order valence-electron chi connectivity index (χ2n) is 18.1. The van der Waals surface area contributed by atoms with Gasteiger partial charge >= 0.3 is 7.82 Å². The maximum absolute atomic E-state index is 12.9. The summed E-state index contributed by atoms with van der Waals surface area (Å²) in [5.41, 5.74) is 0. The molecule has 376 valence electrons. The maximum atomic E-state index is 12.9. The van der Waals surface area contributed by atoms with E-state index in [1.807, 2.05) is 27.2 Å². The van der Waals surface area contributed by atoms with E-state index in [0.717, 1.165) is 103 Å². The van der Waals surface area contributed by atoms with Crippen LogP contribution in [0.4, 0.5) is 0 Å². The molecule has 0 aromatic carbocycles. The Morgan fingerprint density at radius 2 is 0.924 bits per heavy atom. The van der Waals surface area contributed by atoms with E-state index in [-0.39, 0.29) is 19.1 Å². The Morgan fingerprint density at radius 1 is 0.530 bits per heavy atom. The molecule has 3 unspecified atom stereocenters. The van der Waals surface area contributed by atoms with Crippen LogP contribution in [0.3, 0.4) is 0 Å². The lowest BCUT2D eigenvalue weighted by Crippen LogP contribution is -2.45. The second-order valence-corrected chi connectivity index (χ2v) is 19.6. The molecule has 9 heteroatoms. The SMILES string of the molecule is CC/C=C\C/C=C\C/C=C\C/C=C\C/C=C\C/C=C\C/C=C\CCCCCCCCCCCC(=O)NC(COP(=O)(O)OCC[N+](C)(C)C)C(O)/C=C/CC/C=C/CC/C=C/CCCCC. The number of phosphoric acid groups is 1. The van der Waals surface area contributed by atoms with E-state index in [0.29, 0.717) is 17.4 Å². The van der Waals surface area contributed by atoms with Crippen molar-refractivity contribution in [3.63, 3.8) is 0 Å². The van der Waals surface area contributed by atoms with Crippen LogP contribution in [0.25, 0.3) is 0 Å². The number of hydrogen-bond donors (Lipinski definition) is 3. The third-order valence-corrected chi connectivity index (χ3v) is 11.6. The monoisotopic (exact) mass is 938 g/mol. The molecule has 0 rings (SSSR count). The van der Waals surface area contributed by atoms with E-state index in [2.05, 4.69) is 129 Å². The smallest absolute Gasteiger partial charge is 0.387 e. The summed E-state index contributed by atoms with van der Waals surface area (Å²) in [5, 5.41) is 13.8. The molecular formula is C57H98N2O6P+. The summed E-state index contributed by atoms with van der Waals surface area (Å²) in [7, 11) is 1.52. The number of unbranched alkanes of at least 4 members (excludes halogenated alkanes) is 14. The minimum Gasteiger partial charge on any atom is -0.387 e. The first-order valence-electron chi connectivity index (χ1n) is 25.9. The number of allylic oxidation sites excluding steroid dienone is 19. The van der Waals surface area contributed by atoms with Crippen molar-refractivity contribution in [2.45, 2.75) is 193 Å². The topological polar surface area (TPSA) is 105 Å². The van der Waals surface area contributed by atoms with Crippen molar-refractivity contribution in [1.82, 2.24) is 5.32 Å².